The minimum atomic E-state index is -0.682. The van der Waals surface area contributed by atoms with Crippen molar-refractivity contribution in [2.45, 2.75) is 33.7 Å². The van der Waals surface area contributed by atoms with Gasteiger partial charge in [0.1, 0.15) is 6.04 Å². The lowest BCUT2D eigenvalue weighted by Crippen LogP contribution is -2.45. The monoisotopic (exact) mass is 295 g/mol. The van der Waals surface area contributed by atoms with E-state index in [-0.39, 0.29) is 11.7 Å². The van der Waals surface area contributed by atoms with E-state index < -0.39 is 12.0 Å². The molecule has 0 bridgehead atoms. The third-order valence-corrected chi connectivity index (χ3v) is 3.75. The van der Waals surface area contributed by atoms with Crippen LogP contribution in [-0.4, -0.2) is 30.8 Å². The number of esters is 1. The highest BCUT2D eigenvalue weighted by atomic mass is 32.1. The molecular formula is C15H21NO3S. The first kappa shape index (κ1) is 16.6. The molecular weight excluding hydrogens is 274 g/mol. The summed E-state index contributed by atoms with van der Waals surface area (Å²) >= 11 is 4.05. The second-order valence-electron chi connectivity index (χ2n) is 4.79. The van der Waals surface area contributed by atoms with Crippen LogP contribution in [0.25, 0.3) is 0 Å². The molecule has 0 fully saturated rings. The Morgan fingerprint density at radius 1 is 1.25 bits per heavy atom. The summed E-state index contributed by atoms with van der Waals surface area (Å²) in [6, 6.07) is 3.26. The minimum absolute atomic E-state index is 0.0359. The van der Waals surface area contributed by atoms with Crippen LogP contribution in [0.3, 0.4) is 0 Å². The zero-order chi connectivity index (χ0) is 15.4. The number of hydrogen-bond donors (Lipinski definition) is 1. The van der Waals surface area contributed by atoms with E-state index in [1.807, 2.05) is 32.9 Å². The number of aryl methyl sites for hydroxylation is 2. The van der Waals surface area contributed by atoms with Crippen LogP contribution in [0.1, 0.15) is 23.6 Å². The lowest BCUT2D eigenvalue weighted by atomic mass is 10.0. The van der Waals surface area contributed by atoms with E-state index in [2.05, 4.69) is 12.6 Å². The molecule has 1 aromatic carbocycles. The summed E-state index contributed by atoms with van der Waals surface area (Å²) in [4.78, 5) is 25.5. The molecule has 0 aliphatic rings. The second-order valence-corrected chi connectivity index (χ2v) is 5.11. The van der Waals surface area contributed by atoms with E-state index in [9.17, 15) is 9.59 Å². The highest BCUT2D eigenvalue weighted by Gasteiger charge is 2.29. The summed E-state index contributed by atoms with van der Waals surface area (Å²) in [5.41, 5.74) is 3.76. The molecule has 4 nitrogen and oxygen atoms in total. The van der Waals surface area contributed by atoms with Crippen molar-refractivity contribution >= 4 is 30.2 Å². The van der Waals surface area contributed by atoms with Crippen LogP contribution in [0.5, 0.6) is 0 Å². The van der Waals surface area contributed by atoms with Crippen molar-refractivity contribution in [2.24, 2.45) is 0 Å². The third-order valence-electron chi connectivity index (χ3n) is 3.48. The first-order chi connectivity index (χ1) is 9.34. The normalized spacial score (nSPS) is 11.9. The van der Waals surface area contributed by atoms with E-state index in [0.717, 1.165) is 22.4 Å². The zero-order valence-corrected chi connectivity index (χ0v) is 13.5. The summed E-state index contributed by atoms with van der Waals surface area (Å²) in [6.07, 6.45) is 0. The smallest absolute Gasteiger partial charge is 0.328 e. The van der Waals surface area contributed by atoms with Crippen LogP contribution in [0.15, 0.2) is 12.1 Å². The van der Waals surface area contributed by atoms with Gasteiger partial charge in [0.05, 0.1) is 18.6 Å². The van der Waals surface area contributed by atoms with Crippen molar-refractivity contribution in [1.82, 2.24) is 0 Å². The largest absolute Gasteiger partial charge is 0.467 e. The van der Waals surface area contributed by atoms with Gasteiger partial charge in [-0.15, -0.1) is 0 Å². The average Bonchev–Trinajstić information content (AvgIpc) is 2.45. The Balaban J connectivity index is 3.43. The Morgan fingerprint density at radius 2 is 1.80 bits per heavy atom. The molecule has 1 unspecified atom stereocenters. The Kier molecular flexibility index (Phi) is 5.62. The van der Waals surface area contributed by atoms with Gasteiger partial charge in [-0.2, -0.15) is 12.6 Å². The maximum absolute atomic E-state index is 12.2. The van der Waals surface area contributed by atoms with Gasteiger partial charge in [0.15, 0.2) is 0 Å². The maximum atomic E-state index is 12.2. The molecule has 0 aliphatic carbocycles. The number of rotatable bonds is 4. The fourth-order valence-corrected chi connectivity index (χ4v) is 2.35. The fourth-order valence-electron chi connectivity index (χ4n) is 2.19. The molecule has 110 valence electrons. The van der Waals surface area contributed by atoms with Crippen LogP contribution in [0, 0.1) is 20.8 Å². The number of hydrogen-bond acceptors (Lipinski definition) is 4. The SMILES string of the molecule is COC(=O)C(C)N(C(=O)CS)c1c(C)ccc(C)c1C. The number of benzene rings is 1. The standard InChI is InChI=1S/C15H21NO3S/c1-9-6-7-10(2)14(11(9)3)16(13(17)8-20)12(4)15(18)19-5/h6-7,12,20H,8H2,1-5H3. The summed E-state index contributed by atoms with van der Waals surface area (Å²) < 4.78 is 4.76. The molecule has 1 amide bonds. The number of methoxy groups -OCH3 is 1. The zero-order valence-electron chi connectivity index (χ0n) is 12.6. The topological polar surface area (TPSA) is 46.6 Å². The van der Waals surface area contributed by atoms with Crippen LogP contribution in [-0.2, 0) is 14.3 Å². The molecule has 20 heavy (non-hydrogen) atoms. The minimum Gasteiger partial charge on any atom is -0.467 e. The molecule has 0 spiro atoms. The van der Waals surface area contributed by atoms with Crippen LogP contribution in [0.2, 0.25) is 0 Å². The van der Waals surface area contributed by atoms with Crippen molar-refractivity contribution in [3.8, 4) is 0 Å². The van der Waals surface area contributed by atoms with Gasteiger partial charge >= 0.3 is 5.97 Å². The molecule has 0 saturated carbocycles. The van der Waals surface area contributed by atoms with Gasteiger partial charge in [-0.25, -0.2) is 4.79 Å². The molecule has 0 aliphatic heterocycles. The molecule has 1 aromatic rings. The first-order valence-electron chi connectivity index (χ1n) is 6.42. The summed E-state index contributed by atoms with van der Waals surface area (Å²) in [5, 5.41) is 0. The van der Waals surface area contributed by atoms with Crippen molar-refractivity contribution in [3.05, 3.63) is 28.8 Å². The van der Waals surface area contributed by atoms with Crippen molar-refractivity contribution in [2.75, 3.05) is 17.8 Å². The Hall–Kier alpha value is -1.49. The first-order valence-corrected chi connectivity index (χ1v) is 7.05. The quantitative estimate of drug-likeness (QED) is 0.685. The number of anilines is 1. The third kappa shape index (κ3) is 3.15. The van der Waals surface area contributed by atoms with Gasteiger partial charge in [0.25, 0.3) is 0 Å². The molecule has 0 heterocycles. The Morgan fingerprint density at radius 3 is 2.30 bits per heavy atom. The van der Waals surface area contributed by atoms with Crippen LogP contribution >= 0.6 is 12.6 Å². The molecule has 0 aromatic heterocycles. The van der Waals surface area contributed by atoms with E-state index in [1.54, 1.807) is 6.92 Å². The van der Waals surface area contributed by atoms with Gasteiger partial charge in [0.2, 0.25) is 5.91 Å². The number of thiol groups is 1. The average molecular weight is 295 g/mol. The van der Waals surface area contributed by atoms with E-state index in [0.29, 0.717) is 0 Å². The lowest BCUT2D eigenvalue weighted by molar-refractivity contribution is -0.142. The number of amides is 1. The summed E-state index contributed by atoms with van der Waals surface area (Å²) in [5.74, 6) is -0.628. The Labute approximate surface area is 125 Å². The molecule has 0 radical (unpaired) electrons. The molecule has 1 rings (SSSR count). The van der Waals surface area contributed by atoms with Crippen LogP contribution in [0.4, 0.5) is 5.69 Å². The van der Waals surface area contributed by atoms with Gasteiger partial charge in [-0.3, -0.25) is 9.69 Å². The molecule has 0 N–H and O–H groups in total. The molecule has 0 saturated heterocycles. The highest BCUT2D eigenvalue weighted by Crippen LogP contribution is 2.29. The summed E-state index contributed by atoms with van der Waals surface area (Å²) in [7, 11) is 1.32. The van der Waals surface area contributed by atoms with Gasteiger partial charge in [0, 0.05) is 0 Å². The molecule has 5 heteroatoms. The van der Waals surface area contributed by atoms with E-state index in [4.69, 9.17) is 4.74 Å². The van der Waals surface area contributed by atoms with E-state index in [1.165, 1.54) is 12.0 Å². The van der Waals surface area contributed by atoms with Crippen molar-refractivity contribution in [3.63, 3.8) is 0 Å². The predicted molar refractivity (Wildman–Crippen MR) is 83.5 cm³/mol. The number of carbonyl (C=O) groups excluding carboxylic acids is 2. The van der Waals surface area contributed by atoms with Crippen molar-refractivity contribution < 1.29 is 14.3 Å². The lowest BCUT2D eigenvalue weighted by Gasteiger charge is -2.30. The highest BCUT2D eigenvalue weighted by molar-refractivity contribution is 7.81. The van der Waals surface area contributed by atoms with Crippen molar-refractivity contribution in [1.29, 1.82) is 0 Å². The van der Waals surface area contributed by atoms with Gasteiger partial charge in [-0.1, -0.05) is 12.1 Å². The predicted octanol–water partition coefficient (Wildman–Crippen LogP) is 2.44. The van der Waals surface area contributed by atoms with Crippen LogP contribution < -0.4 is 4.90 Å². The molecule has 1 atom stereocenters. The fraction of sp³-hybridized carbons (Fsp3) is 0.467. The van der Waals surface area contributed by atoms with Gasteiger partial charge < -0.3 is 4.74 Å². The van der Waals surface area contributed by atoms with E-state index >= 15 is 0 Å². The second kappa shape index (κ2) is 6.79. The van der Waals surface area contributed by atoms with Gasteiger partial charge in [-0.05, 0) is 44.4 Å². The number of ether oxygens (including phenoxy) is 1. The number of carbonyl (C=O) groups is 2. The number of nitrogens with zero attached hydrogens (tertiary/aromatic N) is 1. The Bertz CT molecular complexity index is 528. The maximum Gasteiger partial charge on any atom is 0.328 e. The summed E-state index contributed by atoms with van der Waals surface area (Å²) in [6.45, 7) is 7.50.